The van der Waals surface area contributed by atoms with Gasteiger partial charge in [0.15, 0.2) is 5.57 Å². The van der Waals surface area contributed by atoms with E-state index in [1.807, 2.05) is 54.6 Å². The lowest BCUT2D eigenvalue weighted by Gasteiger charge is -2.06. The molecule has 36 heavy (non-hydrogen) atoms. The Kier molecular flexibility index (Phi) is 7.73. The summed E-state index contributed by atoms with van der Waals surface area (Å²) in [5.74, 6) is -0.827. The van der Waals surface area contributed by atoms with Crippen LogP contribution < -0.4 is 24.8 Å². The minimum atomic E-state index is -0.791. The van der Waals surface area contributed by atoms with Gasteiger partial charge in [-0.2, -0.15) is 5.26 Å². The van der Waals surface area contributed by atoms with Gasteiger partial charge in [0.2, 0.25) is 0 Å². The molecule has 8 heteroatoms. The Labute approximate surface area is 210 Å². The van der Waals surface area contributed by atoms with E-state index in [-0.39, 0.29) is 28.0 Å². The Bertz CT molecular complexity index is 1620. The van der Waals surface area contributed by atoms with Gasteiger partial charge in [-0.05, 0) is 36.3 Å². The monoisotopic (exact) mass is 499 g/mol. The van der Waals surface area contributed by atoms with Gasteiger partial charge < -0.3 is 10.1 Å². The number of aryl methyl sites for hydroxylation is 1. The molecule has 0 saturated heterocycles. The van der Waals surface area contributed by atoms with Crippen LogP contribution >= 0.6 is 11.3 Å². The molecule has 4 rings (SSSR count). The zero-order valence-corrected chi connectivity index (χ0v) is 20.2. The van der Waals surface area contributed by atoms with Crippen LogP contribution in [0, 0.1) is 17.1 Å². The number of ether oxygens (including phenoxy) is 1. The molecule has 1 aromatic heterocycles. The minimum Gasteiger partial charge on any atom is -0.496 e. The van der Waals surface area contributed by atoms with Crippen molar-refractivity contribution in [1.29, 1.82) is 5.26 Å². The van der Waals surface area contributed by atoms with E-state index in [1.165, 1.54) is 22.8 Å². The second-order valence-electron chi connectivity index (χ2n) is 7.77. The number of para-hydroxylation sites is 2. The van der Waals surface area contributed by atoms with Gasteiger partial charge in [0, 0.05) is 12.1 Å². The van der Waals surface area contributed by atoms with Gasteiger partial charge in [-0.15, -0.1) is 11.3 Å². The molecule has 0 aliphatic rings. The molecule has 1 heterocycles. The van der Waals surface area contributed by atoms with Crippen LogP contribution in [0.1, 0.15) is 11.1 Å². The molecule has 1 N–H and O–H groups in total. The molecule has 6 nitrogen and oxygen atoms in total. The topological polar surface area (TPSA) is 84.1 Å². The maximum Gasteiger partial charge on any atom is 0.269 e. The SMILES string of the molecule is COc1ccccc1/C=c1/s/c(=C(/C#N)C(=O)Nc2ccccc2F)n(CCc2ccccc2)c1=O. The molecule has 4 aromatic rings. The molecule has 0 atom stereocenters. The number of anilines is 1. The lowest BCUT2D eigenvalue weighted by Crippen LogP contribution is -2.34. The molecule has 180 valence electrons. The highest BCUT2D eigenvalue weighted by Gasteiger charge is 2.17. The third-order valence-electron chi connectivity index (χ3n) is 5.47. The van der Waals surface area contributed by atoms with E-state index in [4.69, 9.17) is 4.74 Å². The number of methoxy groups -OCH3 is 1. The highest BCUT2D eigenvalue weighted by Crippen LogP contribution is 2.17. The van der Waals surface area contributed by atoms with E-state index in [0.29, 0.717) is 22.3 Å². The van der Waals surface area contributed by atoms with E-state index in [2.05, 4.69) is 5.32 Å². The largest absolute Gasteiger partial charge is 0.496 e. The van der Waals surface area contributed by atoms with E-state index in [0.717, 1.165) is 16.9 Å². The minimum absolute atomic E-state index is 0.0502. The molecule has 3 aromatic carbocycles. The van der Waals surface area contributed by atoms with E-state index in [1.54, 1.807) is 25.3 Å². The molecule has 0 unspecified atom stereocenters. The number of hydrogen-bond acceptors (Lipinski definition) is 5. The number of nitrogens with one attached hydrogen (secondary N) is 1. The number of halogens is 1. The van der Waals surface area contributed by atoms with Crippen molar-refractivity contribution in [2.24, 2.45) is 0 Å². The fourth-order valence-corrected chi connectivity index (χ4v) is 4.78. The summed E-state index contributed by atoms with van der Waals surface area (Å²) >= 11 is 1.04. The van der Waals surface area contributed by atoms with E-state index < -0.39 is 11.7 Å². The van der Waals surface area contributed by atoms with Crippen molar-refractivity contribution in [3.63, 3.8) is 0 Å². The highest BCUT2D eigenvalue weighted by atomic mass is 32.1. The maximum absolute atomic E-state index is 14.1. The van der Waals surface area contributed by atoms with Crippen molar-refractivity contribution in [3.05, 3.63) is 115 Å². The van der Waals surface area contributed by atoms with Gasteiger partial charge in [0.1, 0.15) is 22.3 Å². The number of nitriles is 1. The third kappa shape index (κ3) is 5.43. The first-order chi connectivity index (χ1) is 17.5. The summed E-state index contributed by atoms with van der Waals surface area (Å²) in [7, 11) is 1.54. The first kappa shape index (κ1) is 24.6. The first-order valence-electron chi connectivity index (χ1n) is 11.1. The molecule has 0 fully saturated rings. The average molecular weight is 500 g/mol. The predicted molar refractivity (Wildman–Crippen MR) is 139 cm³/mol. The number of nitrogens with zero attached hydrogens (tertiary/aromatic N) is 2. The first-order valence-corrected chi connectivity index (χ1v) is 11.9. The van der Waals surface area contributed by atoms with Crippen LogP contribution in [0.4, 0.5) is 10.1 Å². The Balaban J connectivity index is 1.86. The van der Waals surface area contributed by atoms with Crippen molar-refractivity contribution in [2.75, 3.05) is 12.4 Å². The van der Waals surface area contributed by atoms with Crippen molar-refractivity contribution in [2.45, 2.75) is 13.0 Å². The number of hydrogen-bond donors (Lipinski definition) is 1. The van der Waals surface area contributed by atoms with Crippen molar-refractivity contribution in [3.8, 4) is 11.8 Å². The van der Waals surface area contributed by atoms with Crippen molar-refractivity contribution in [1.82, 2.24) is 4.57 Å². The Hall–Kier alpha value is -4.48. The van der Waals surface area contributed by atoms with Crippen LogP contribution in [0.2, 0.25) is 0 Å². The fraction of sp³-hybridized carbons (Fsp3) is 0.107. The second kappa shape index (κ2) is 11.3. The molecule has 0 radical (unpaired) electrons. The van der Waals surface area contributed by atoms with Crippen LogP contribution in [0.25, 0.3) is 11.6 Å². The normalized spacial score (nSPS) is 12.1. The Morgan fingerprint density at radius 3 is 2.50 bits per heavy atom. The van der Waals surface area contributed by atoms with Crippen LogP contribution in [0.3, 0.4) is 0 Å². The summed E-state index contributed by atoms with van der Waals surface area (Å²) in [6, 6.07) is 24.4. The average Bonchev–Trinajstić information content (AvgIpc) is 3.20. The van der Waals surface area contributed by atoms with Gasteiger partial charge in [0.25, 0.3) is 11.5 Å². The van der Waals surface area contributed by atoms with Gasteiger partial charge in [-0.1, -0.05) is 60.7 Å². The predicted octanol–water partition coefficient (Wildman–Crippen LogP) is 3.44. The second-order valence-corrected chi connectivity index (χ2v) is 8.80. The van der Waals surface area contributed by atoms with Crippen LogP contribution in [0.15, 0.2) is 83.7 Å². The quantitative estimate of drug-likeness (QED) is 0.422. The molecular formula is C28H22FN3O3S. The zero-order valence-electron chi connectivity index (χ0n) is 19.4. The molecule has 0 saturated carbocycles. The third-order valence-corrected chi connectivity index (χ3v) is 6.61. The number of benzene rings is 3. The van der Waals surface area contributed by atoms with Crippen molar-refractivity contribution < 1.29 is 13.9 Å². The maximum atomic E-state index is 14.1. The molecular weight excluding hydrogens is 477 g/mol. The van der Waals surface area contributed by atoms with Crippen LogP contribution in [-0.4, -0.2) is 17.6 Å². The molecule has 0 aliphatic heterocycles. The zero-order chi connectivity index (χ0) is 25.5. The molecule has 0 spiro atoms. The Morgan fingerprint density at radius 1 is 1.08 bits per heavy atom. The van der Waals surface area contributed by atoms with Gasteiger partial charge in [0.05, 0.1) is 17.3 Å². The summed E-state index contributed by atoms with van der Waals surface area (Å²) in [4.78, 5) is 26.5. The Morgan fingerprint density at radius 2 is 1.78 bits per heavy atom. The summed E-state index contributed by atoms with van der Waals surface area (Å²) in [5, 5.41) is 12.3. The summed E-state index contributed by atoms with van der Waals surface area (Å²) in [6.45, 7) is 0.257. The number of aromatic nitrogens is 1. The van der Waals surface area contributed by atoms with E-state index >= 15 is 0 Å². The highest BCUT2D eigenvalue weighted by molar-refractivity contribution is 7.07. The summed E-state index contributed by atoms with van der Waals surface area (Å²) in [5.41, 5.74) is 1.04. The standard InChI is InChI=1S/C28H22FN3O3S/c1-35-24-14-8-5-11-20(24)17-25-27(34)32(16-15-19-9-3-2-4-10-19)28(36-25)21(18-30)26(33)31-23-13-7-6-12-22(23)29/h2-14,17H,15-16H2,1H3,(H,31,33)/b25-17+,28-21-. The smallest absolute Gasteiger partial charge is 0.269 e. The van der Waals surface area contributed by atoms with Gasteiger partial charge in [-0.3, -0.25) is 14.2 Å². The fourth-order valence-electron chi connectivity index (χ4n) is 3.66. The van der Waals surface area contributed by atoms with Gasteiger partial charge >= 0.3 is 0 Å². The number of amides is 1. The lowest BCUT2D eigenvalue weighted by atomic mass is 10.1. The number of carbonyl (C=O) groups is 1. The number of thiazole rings is 1. The number of rotatable bonds is 7. The van der Waals surface area contributed by atoms with E-state index in [9.17, 15) is 19.2 Å². The molecule has 0 bridgehead atoms. The summed E-state index contributed by atoms with van der Waals surface area (Å²) < 4.78 is 21.5. The molecule has 0 aliphatic carbocycles. The van der Waals surface area contributed by atoms with Crippen molar-refractivity contribution >= 4 is 34.6 Å². The number of carbonyl (C=O) groups excluding carboxylic acids is 1. The summed E-state index contributed by atoms with van der Waals surface area (Å²) in [6.07, 6.45) is 2.20. The van der Waals surface area contributed by atoms with Crippen LogP contribution in [0.5, 0.6) is 5.75 Å². The molecule has 1 amide bonds. The lowest BCUT2D eigenvalue weighted by molar-refractivity contribution is -0.111. The van der Waals surface area contributed by atoms with Gasteiger partial charge in [-0.25, -0.2) is 4.39 Å². The van der Waals surface area contributed by atoms with Crippen LogP contribution in [-0.2, 0) is 17.8 Å².